The van der Waals surface area contributed by atoms with Gasteiger partial charge in [0.15, 0.2) is 0 Å². The highest BCUT2D eigenvalue weighted by atomic mass is 16.5. The normalized spacial score (nSPS) is 45.0. The van der Waals surface area contributed by atoms with Gasteiger partial charge in [0.1, 0.15) is 6.10 Å². The molecule has 6 aliphatic rings. The molecule has 6 nitrogen and oxygen atoms in total. The summed E-state index contributed by atoms with van der Waals surface area (Å²) < 4.78 is 6.20. The Morgan fingerprint density at radius 2 is 1.67 bits per heavy atom. The first kappa shape index (κ1) is 36.4. The van der Waals surface area contributed by atoms with Crippen LogP contribution in [0.15, 0.2) is 12.2 Å². The maximum atomic E-state index is 13.1. The van der Waals surface area contributed by atoms with Crippen LogP contribution in [0, 0.1) is 68.0 Å². The number of aliphatic carboxylic acids is 1. The van der Waals surface area contributed by atoms with Gasteiger partial charge in [0.25, 0.3) is 0 Å². The zero-order valence-corrected chi connectivity index (χ0v) is 31.9. The Kier molecular flexibility index (Phi) is 9.61. The minimum Gasteiger partial charge on any atom is -0.481 e. The summed E-state index contributed by atoms with van der Waals surface area (Å²) in [4.78, 5) is 24.8. The van der Waals surface area contributed by atoms with Gasteiger partial charge in [-0.25, -0.2) is 0 Å². The molecule has 5 saturated carbocycles. The fourth-order valence-corrected chi connectivity index (χ4v) is 14.1. The van der Waals surface area contributed by atoms with E-state index < -0.39 is 11.4 Å². The molecule has 48 heavy (non-hydrogen) atoms. The van der Waals surface area contributed by atoms with Gasteiger partial charge in [-0.05, 0) is 181 Å². The number of allylic oxidation sites excluding steroid dienone is 1. The molecule has 272 valence electrons. The number of carbonyl (C=O) groups is 2. The van der Waals surface area contributed by atoms with Crippen molar-refractivity contribution in [3.05, 3.63) is 12.2 Å². The predicted octanol–water partition coefficient (Wildman–Crippen LogP) is 8.65. The first-order chi connectivity index (χ1) is 22.4. The van der Waals surface area contributed by atoms with Gasteiger partial charge in [-0.2, -0.15) is 0 Å². The van der Waals surface area contributed by atoms with E-state index in [0.717, 1.165) is 43.7 Å². The zero-order chi connectivity index (χ0) is 34.9. The Balaban J connectivity index is 1.20. The molecule has 0 amide bonds. The molecule has 5 aliphatic carbocycles. The fourth-order valence-electron chi connectivity index (χ4n) is 14.1. The monoisotopic (exact) mass is 667 g/mol. The maximum Gasteiger partial charge on any atom is 0.309 e. The first-order valence-corrected chi connectivity index (χ1v) is 19.9. The zero-order valence-electron chi connectivity index (χ0n) is 31.9. The molecule has 1 aliphatic heterocycles. The number of nitrogens with one attached hydrogen (secondary N) is 2. The second kappa shape index (κ2) is 12.7. The average molecular weight is 667 g/mol. The third-order valence-corrected chi connectivity index (χ3v) is 17.0. The molecule has 6 fully saturated rings. The average Bonchev–Trinajstić information content (AvgIpc) is 3.65. The van der Waals surface area contributed by atoms with E-state index in [1.165, 1.54) is 82.9 Å². The second-order valence-corrected chi connectivity index (χ2v) is 20.1. The lowest BCUT2D eigenvalue weighted by atomic mass is 9.32. The maximum absolute atomic E-state index is 13.1. The Morgan fingerprint density at radius 1 is 0.917 bits per heavy atom. The number of carboxylic acid groups (broad SMARTS) is 1. The van der Waals surface area contributed by atoms with Gasteiger partial charge in [0.05, 0.1) is 11.8 Å². The van der Waals surface area contributed by atoms with Crippen molar-refractivity contribution >= 4 is 11.9 Å². The molecule has 11 atom stereocenters. The van der Waals surface area contributed by atoms with E-state index in [0.29, 0.717) is 34.0 Å². The van der Waals surface area contributed by atoms with Crippen molar-refractivity contribution in [2.24, 2.45) is 68.0 Å². The van der Waals surface area contributed by atoms with Crippen LogP contribution in [0.5, 0.6) is 0 Å². The second-order valence-electron chi connectivity index (χ2n) is 20.1. The summed E-state index contributed by atoms with van der Waals surface area (Å²) in [6.07, 6.45) is 14.9. The quantitative estimate of drug-likeness (QED) is 0.123. The molecule has 0 aromatic rings. The molecule has 6 rings (SSSR count). The number of hydrogen-bond acceptors (Lipinski definition) is 5. The summed E-state index contributed by atoms with van der Waals surface area (Å²) in [5.41, 5.74) is 1.47. The van der Waals surface area contributed by atoms with Crippen LogP contribution in [0.1, 0.15) is 139 Å². The smallest absolute Gasteiger partial charge is 0.309 e. The molecule has 0 spiro atoms. The highest BCUT2D eigenvalue weighted by molar-refractivity contribution is 5.81. The van der Waals surface area contributed by atoms with Gasteiger partial charge in [0.2, 0.25) is 0 Å². The molecular weight excluding hydrogens is 596 g/mol. The van der Waals surface area contributed by atoms with Gasteiger partial charge in [-0.1, -0.05) is 46.8 Å². The fraction of sp³-hybridized carbons (Fsp3) is 0.905. The third kappa shape index (κ3) is 5.73. The van der Waals surface area contributed by atoms with Crippen LogP contribution in [-0.4, -0.2) is 49.3 Å². The largest absolute Gasteiger partial charge is 0.481 e. The van der Waals surface area contributed by atoms with Gasteiger partial charge in [0, 0.05) is 5.41 Å². The molecule has 1 heterocycles. The summed E-state index contributed by atoms with van der Waals surface area (Å²) in [7, 11) is 0. The highest BCUT2D eigenvalue weighted by Crippen LogP contribution is 2.78. The molecule has 3 N–H and O–H groups in total. The predicted molar refractivity (Wildman–Crippen MR) is 193 cm³/mol. The van der Waals surface area contributed by atoms with Crippen molar-refractivity contribution < 1.29 is 19.4 Å². The Labute approximate surface area is 292 Å². The number of rotatable bonds is 10. The van der Waals surface area contributed by atoms with Crippen LogP contribution in [0.2, 0.25) is 0 Å². The van der Waals surface area contributed by atoms with E-state index >= 15 is 0 Å². The molecule has 0 aromatic carbocycles. The molecule has 6 heteroatoms. The summed E-state index contributed by atoms with van der Waals surface area (Å²) >= 11 is 0. The summed E-state index contributed by atoms with van der Waals surface area (Å²) in [5.74, 6) is 2.82. The number of ether oxygens (including phenoxy) is 1. The van der Waals surface area contributed by atoms with Crippen molar-refractivity contribution in [1.82, 2.24) is 10.6 Å². The Morgan fingerprint density at radius 3 is 2.33 bits per heavy atom. The minimum atomic E-state index is -1.12. The lowest BCUT2D eigenvalue weighted by molar-refractivity contribution is -0.250. The van der Waals surface area contributed by atoms with E-state index in [1.54, 1.807) is 13.8 Å². The van der Waals surface area contributed by atoms with Crippen molar-refractivity contribution in [3.8, 4) is 0 Å². The van der Waals surface area contributed by atoms with Crippen molar-refractivity contribution in [3.63, 3.8) is 0 Å². The SMILES string of the molecule is C=C(C)C1CC[C@]2(CCNCC3CCNC3)CC[C@]3(C)[C@H](CC[C@@H]4[C@@]5(C)CC[C@H](OC(=O)CC(C)(C)C(=O)O)C(C)(C)[C@@H]5CC[C@]43C)[C@@H]12. The Hall–Kier alpha value is -1.40. The summed E-state index contributed by atoms with van der Waals surface area (Å²) in [6, 6.07) is 0. The third-order valence-electron chi connectivity index (χ3n) is 17.0. The standard InChI is InChI=1S/C42H70N2O4/c1-27(2)29-12-18-42(21-23-44-26-28-15-22-43-25-28)20-19-40(8)30(35(29)42)10-11-32-39(7)16-14-33(48-34(45)24-37(3,4)36(46)47)38(5,6)31(39)13-17-41(32,40)9/h28-33,35,43-44H,1,10-26H2,2-9H3,(H,46,47)/t28?,29?,30-,31+,32-,33+,35-,39+,40-,41-,42-/m1/s1. The van der Waals surface area contributed by atoms with Crippen molar-refractivity contribution in [2.45, 2.75) is 145 Å². The highest BCUT2D eigenvalue weighted by Gasteiger charge is 2.71. The minimum absolute atomic E-state index is 0.0841. The molecule has 0 bridgehead atoms. The molecule has 2 unspecified atom stereocenters. The summed E-state index contributed by atoms with van der Waals surface area (Å²) in [5, 5.41) is 17.0. The van der Waals surface area contributed by atoms with Gasteiger partial charge in [-0.3, -0.25) is 9.59 Å². The Bertz CT molecular complexity index is 1250. The van der Waals surface area contributed by atoms with Crippen molar-refractivity contribution in [2.75, 3.05) is 26.2 Å². The number of hydrogen-bond donors (Lipinski definition) is 3. The van der Waals surface area contributed by atoms with E-state index in [2.05, 4.69) is 58.8 Å². The molecular formula is C42H70N2O4. The van der Waals surface area contributed by atoms with E-state index in [1.807, 2.05) is 0 Å². The van der Waals surface area contributed by atoms with Crippen LogP contribution < -0.4 is 10.6 Å². The molecule has 0 radical (unpaired) electrons. The topological polar surface area (TPSA) is 87.7 Å². The van der Waals surface area contributed by atoms with Gasteiger partial charge < -0.3 is 20.5 Å². The molecule has 0 aromatic heterocycles. The lowest BCUT2D eigenvalue weighted by Gasteiger charge is -2.73. The van der Waals surface area contributed by atoms with Crippen LogP contribution in [0.3, 0.4) is 0 Å². The molecule has 1 saturated heterocycles. The van der Waals surface area contributed by atoms with E-state index in [-0.39, 0.29) is 29.3 Å². The number of fused-ring (bicyclic) bond motifs is 7. The van der Waals surface area contributed by atoms with E-state index in [4.69, 9.17) is 4.74 Å². The summed E-state index contributed by atoms with van der Waals surface area (Å²) in [6.45, 7) is 27.6. The van der Waals surface area contributed by atoms with Crippen LogP contribution in [0.25, 0.3) is 0 Å². The van der Waals surface area contributed by atoms with Crippen molar-refractivity contribution in [1.29, 1.82) is 0 Å². The van der Waals surface area contributed by atoms with Crippen LogP contribution in [-0.2, 0) is 14.3 Å². The van der Waals surface area contributed by atoms with Crippen LogP contribution in [0.4, 0.5) is 0 Å². The number of carboxylic acids is 1. The van der Waals surface area contributed by atoms with Gasteiger partial charge in [-0.15, -0.1) is 0 Å². The van der Waals surface area contributed by atoms with Gasteiger partial charge >= 0.3 is 11.9 Å². The number of carbonyl (C=O) groups excluding carboxylic acids is 1. The van der Waals surface area contributed by atoms with E-state index in [9.17, 15) is 14.7 Å². The first-order valence-electron chi connectivity index (χ1n) is 19.9. The van der Waals surface area contributed by atoms with Crippen LogP contribution >= 0.6 is 0 Å². The number of esters is 1. The lowest BCUT2D eigenvalue weighted by Crippen LogP contribution is -2.66.